The molecule has 1 unspecified atom stereocenters. The molecule has 0 saturated heterocycles. The molecule has 0 aromatic heterocycles. The number of nitrogens with zero attached hydrogens (tertiary/aromatic N) is 1. The molecule has 1 rings (SSSR count). The Morgan fingerprint density at radius 3 is 2.82 bits per heavy atom. The Kier molecular flexibility index (Phi) is 5.17. The summed E-state index contributed by atoms with van der Waals surface area (Å²) in [5.41, 5.74) is 1.59. The van der Waals surface area contributed by atoms with Gasteiger partial charge in [0, 0.05) is 10.0 Å². The highest BCUT2D eigenvalue weighted by atomic mass is 79.9. The molecule has 0 saturated carbocycles. The summed E-state index contributed by atoms with van der Waals surface area (Å²) in [6.07, 6.45) is 1.55. The first kappa shape index (κ1) is 13.7. The maximum absolute atomic E-state index is 11.9. The predicted octanol–water partition coefficient (Wildman–Crippen LogP) is 3.18. The van der Waals surface area contributed by atoms with Crippen LogP contribution in [0.1, 0.15) is 35.7 Å². The normalized spacial score (nSPS) is 11.6. The largest absolute Gasteiger partial charge is 0.336 e. The molecule has 0 aliphatic heterocycles. The number of rotatable bonds is 4. The molecule has 0 aliphatic carbocycles. The van der Waals surface area contributed by atoms with Gasteiger partial charge in [-0.25, -0.2) is 0 Å². The Morgan fingerprint density at radius 1 is 1.59 bits per heavy atom. The van der Waals surface area contributed by atoms with Crippen LogP contribution in [-0.2, 0) is 0 Å². The fourth-order valence-corrected chi connectivity index (χ4v) is 1.73. The number of carbonyl (C=O) groups excluding carboxylic acids is 1. The molecule has 90 valence electrons. The third-order valence-corrected chi connectivity index (χ3v) is 3.35. The highest BCUT2D eigenvalue weighted by Gasteiger charge is 2.12. The van der Waals surface area contributed by atoms with E-state index < -0.39 is 6.04 Å². The molecule has 1 aromatic carbocycles. The van der Waals surface area contributed by atoms with E-state index in [4.69, 9.17) is 5.26 Å². The number of benzene rings is 1. The summed E-state index contributed by atoms with van der Waals surface area (Å²) >= 11 is 3.38. The van der Waals surface area contributed by atoms with Crippen molar-refractivity contribution < 1.29 is 4.79 Å². The molecule has 0 radical (unpaired) electrons. The van der Waals surface area contributed by atoms with Crippen LogP contribution in [0, 0.1) is 18.3 Å². The lowest BCUT2D eigenvalue weighted by Crippen LogP contribution is -2.33. The van der Waals surface area contributed by atoms with Crippen molar-refractivity contribution in [3.05, 3.63) is 33.8 Å². The summed E-state index contributed by atoms with van der Waals surface area (Å²) in [6.45, 7) is 3.91. The van der Waals surface area contributed by atoms with Crippen molar-refractivity contribution in [2.45, 2.75) is 32.7 Å². The molecular weight excluding hydrogens is 280 g/mol. The van der Waals surface area contributed by atoms with Gasteiger partial charge in [0.05, 0.1) is 6.07 Å². The van der Waals surface area contributed by atoms with E-state index >= 15 is 0 Å². The molecule has 1 aromatic rings. The lowest BCUT2D eigenvalue weighted by atomic mass is 10.1. The van der Waals surface area contributed by atoms with Gasteiger partial charge in [0.2, 0.25) is 0 Å². The molecule has 17 heavy (non-hydrogen) atoms. The maximum Gasteiger partial charge on any atom is 0.252 e. The Bertz CT molecular complexity index is 451. The second-order valence-electron chi connectivity index (χ2n) is 3.91. The fourth-order valence-electron chi connectivity index (χ4n) is 1.49. The first-order valence-corrected chi connectivity index (χ1v) is 6.34. The molecule has 1 N–H and O–H groups in total. The summed E-state index contributed by atoms with van der Waals surface area (Å²) in [6, 6.07) is 7.07. The van der Waals surface area contributed by atoms with Crippen molar-refractivity contribution in [1.82, 2.24) is 5.32 Å². The van der Waals surface area contributed by atoms with E-state index in [1.807, 2.05) is 19.9 Å². The summed E-state index contributed by atoms with van der Waals surface area (Å²) in [7, 11) is 0. The number of hydrogen-bond donors (Lipinski definition) is 1. The van der Waals surface area contributed by atoms with Crippen molar-refractivity contribution >= 4 is 21.8 Å². The van der Waals surface area contributed by atoms with Crippen LogP contribution < -0.4 is 5.32 Å². The maximum atomic E-state index is 11.9. The lowest BCUT2D eigenvalue weighted by Gasteiger charge is -2.11. The Labute approximate surface area is 110 Å². The van der Waals surface area contributed by atoms with Gasteiger partial charge in [-0.2, -0.15) is 5.26 Å². The lowest BCUT2D eigenvalue weighted by molar-refractivity contribution is 0.0944. The van der Waals surface area contributed by atoms with E-state index in [1.54, 1.807) is 12.1 Å². The number of halogens is 1. The van der Waals surface area contributed by atoms with Crippen LogP contribution in [0.2, 0.25) is 0 Å². The monoisotopic (exact) mass is 294 g/mol. The highest BCUT2D eigenvalue weighted by molar-refractivity contribution is 9.10. The third-order valence-electron chi connectivity index (χ3n) is 2.46. The Hall–Kier alpha value is -1.34. The van der Waals surface area contributed by atoms with Crippen LogP contribution in [0.25, 0.3) is 0 Å². The van der Waals surface area contributed by atoms with E-state index in [0.717, 1.165) is 16.5 Å². The standard InChI is InChI=1S/C13H15BrN2O/c1-3-4-11(8-15)16-13(17)10-5-6-12(14)9(2)7-10/h5-7,11H,3-4H2,1-2H3,(H,16,17). The zero-order chi connectivity index (χ0) is 12.8. The minimum Gasteiger partial charge on any atom is -0.336 e. The number of carbonyl (C=O) groups is 1. The molecule has 1 amide bonds. The Balaban J connectivity index is 2.76. The zero-order valence-electron chi connectivity index (χ0n) is 9.96. The number of amides is 1. The second kappa shape index (κ2) is 6.41. The SMILES string of the molecule is CCCC(C#N)NC(=O)c1ccc(Br)c(C)c1. The van der Waals surface area contributed by atoms with Crippen molar-refractivity contribution in [3.8, 4) is 6.07 Å². The van der Waals surface area contributed by atoms with E-state index in [-0.39, 0.29) is 5.91 Å². The van der Waals surface area contributed by atoms with Crippen LogP contribution in [0.15, 0.2) is 22.7 Å². The number of hydrogen-bond acceptors (Lipinski definition) is 2. The second-order valence-corrected chi connectivity index (χ2v) is 4.76. The number of nitrogens with one attached hydrogen (secondary N) is 1. The average Bonchev–Trinajstić information content (AvgIpc) is 2.31. The van der Waals surface area contributed by atoms with Gasteiger partial charge in [0.15, 0.2) is 0 Å². The third kappa shape index (κ3) is 3.86. The molecule has 0 spiro atoms. The molecule has 0 bridgehead atoms. The summed E-state index contributed by atoms with van der Waals surface area (Å²) in [5, 5.41) is 11.6. The van der Waals surface area contributed by atoms with E-state index in [0.29, 0.717) is 12.0 Å². The highest BCUT2D eigenvalue weighted by Crippen LogP contribution is 2.17. The first-order chi connectivity index (χ1) is 8.08. The van der Waals surface area contributed by atoms with Crippen LogP contribution >= 0.6 is 15.9 Å². The fraction of sp³-hybridized carbons (Fsp3) is 0.385. The molecule has 0 aliphatic rings. The first-order valence-electron chi connectivity index (χ1n) is 5.55. The van der Waals surface area contributed by atoms with Crippen molar-refractivity contribution in [2.24, 2.45) is 0 Å². The smallest absolute Gasteiger partial charge is 0.252 e. The average molecular weight is 295 g/mol. The topological polar surface area (TPSA) is 52.9 Å². The van der Waals surface area contributed by atoms with E-state index in [9.17, 15) is 4.79 Å². The quantitative estimate of drug-likeness (QED) is 0.927. The minimum atomic E-state index is -0.406. The van der Waals surface area contributed by atoms with Crippen molar-refractivity contribution in [1.29, 1.82) is 5.26 Å². The van der Waals surface area contributed by atoms with Gasteiger partial charge in [-0.05, 0) is 37.1 Å². The molecule has 3 nitrogen and oxygen atoms in total. The Morgan fingerprint density at radius 2 is 2.29 bits per heavy atom. The molecule has 4 heteroatoms. The molecule has 0 fully saturated rings. The zero-order valence-corrected chi connectivity index (χ0v) is 11.5. The number of aryl methyl sites for hydroxylation is 1. The van der Waals surface area contributed by atoms with Gasteiger partial charge in [-0.3, -0.25) is 4.79 Å². The van der Waals surface area contributed by atoms with Gasteiger partial charge in [-0.1, -0.05) is 29.3 Å². The van der Waals surface area contributed by atoms with Crippen LogP contribution in [0.3, 0.4) is 0 Å². The summed E-state index contributed by atoms with van der Waals surface area (Å²) in [5.74, 6) is -0.194. The predicted molar refractivity (Wildman–Crippen MR) is 70.7 cm³/mol. The van der Waals surface area contributed by atoms with Crippen LogP contribution in [0.4, 0.5) is 0 Å². The molecular formula is C13H15BrN2O. The summed E-state index contributed by atoms with van der Waals surface area (Å²) in [4.78, 5) is 11.9. The van der Waals surface area contributed by atoms with Crippen LogP contribution in [-0.4, -0.2) is 11.9 Å². The van der Waals surface area contributed by atoms with Crippen molar-refractivity contribution in [3.63, 3.8) is 0 Å². The van der Waals surface area contributed by atoms with Crippen molar-refractivity contribution in [2.75, 3.05) is 0 Å². The minimum absolute atomic E-state index is 0.194. The van der Waals surface area contributed by atoms with Gasteiger partial charge >= 0.3 is 0 Å². The van der Waals surface area contributed by atoms with Gasteiger partial charge in [0.25, 0.3) is 5.91 Å². The van der Waals surface area contributed by atoms with Gasteiger partial charge in [0.1, 0.15) is 6.04 Å². The number of nitriles is 1. The molecule has 1 atom stereocenters. The van der Waals surface area contributed by atoms with E-state index in [2.05, 4.69) is 27.3 Å². The molecule has 0 heterocycles. The van der Waals surface area contributed by atoms with Gasteiger partial charge < -0.3 is 5.32 Å². The van der Waals surface area contributed by atoms with Gasteiger partial charge in [-0.15, -0.1) is 0 Å². The van der Waals surface area contributed by atoms with Crippen LogP contribution in [0.5, 0.6) is 0 Å². The summed E-state index contributed by atoms with van der Waals surface area (Å²) < 4.78 is 0.972. The van der Waals surface area contributed by atoms with E-state index in [1.165, 1.54) is 0 Å².